The Bertz CT molecular complexity index is 247. The average molecular weight is 238 g/mol. The highest BCUT2D eigenvalue weighted by molar-refractivity contribution is 5.02. The second-order valence-electron chi connectivity index (χ2n) is 6.27. The minimum absolute atomic E-state index is 0.545. The zero-order valence-corrected chi connectivity index (χ0v) is 12.3. The van der Waals surface area contributed by atoms with Gasteiger partial charge in [-0.25, -0.2) is 0 Å². The molecule has 1 fully saturated rings. The normalized spacial score (nSPS) is 30.8. The van der Waals surface area contributed by atoms with Crippen LogP contribution in [-0.2, 0) is 0 Å². The van der Waals surface area contributed by atoms with Gasteiger partial charge >= 0.3 is 0 Å². The molecule has 0 bridgehead atoms. The van der Waals surface area contributed by atoms with Gasteiger partial charge in [-0.1, -0.05) is 34.3 Å². The standard InChI is InChI=1S/C15H30N2/c1-11(2)16-8-13(4)10-17-9-12(3)7-14(5)15(17)6/h11-12,14-16H,4,7-10H2,1-3,5-6H3. The summed E-state index contributed by atoms with van der Waals surface area (Å²) in [5, 5.41) is 3.45. The lowest BCUT2D eigenvalue weighted by Crippen LogP contribution is -2.47. The number of likely N-dealkylation sites (tertiary alicyclic amines) is 1. The van der Waals surface area contributed by atoms with Crippen molar-refractivity contribution in [1.82, 2.24) is 10.2 Å². The summed E-state index contributed by atoms with van der Waals surface area (Å²) in [6, 6.07) is 1.24. The van der Waals surface area contributed by atoms with Crippen LogP contribution < -0.4 is 5.32 Å². The largest absolute Gasteiger partial charge is 0.311 e. The first-order valence-corrected chi connectivity index (χ1v) is 7.04. The van der Waals surface area contributed by atoms with E-state index in [0.717, 1.165) is 24.9 Å². The van der Waals surface area contributed by atoms with E-state index in [9.17, 15) is 0 Å². The highest BCUT2D eigenvalue weighted by Gasteiger charge is 2.28. The fourth-order valence-corrected chi connectivity index (χ4v) is 2.73. The number of nitrogens with zero attached hydrogens (tertiary/aromatic N) is 1. The predicted molar refractivity (Wildman–Crippen MR) is 76.3 cm³/mol. The van der Waals surface area contributed by atoms with Gasteiger partial charge in [-0.05, 0) is 30.8 Å². The minimum Gasteiger partial charge on any atom is -0.311 e. The van der Waals surface area contributed by atoms with Gasteiger partial charge in [0.15, 0.2) is 0 Å². The average Bonchev–Trinajstić information content (AvgIpc) is 2.22. The third kappa shape index (κ3) is 4.81. The highest BCUT2D eigenvalue weighted by Crippen LogP contribution is 2.27. The molecule has 1 saturated heterocycles. The predicted octanol–water partition coefficient (Wildman–Crippen LogP) is 2.91. The van der Waals surface area contributed by atoms with Crippen molar-refractivity contribution in [3.63, 3.8) is 0 Å². The molecule has 100 valence electrons. The van der Waals surface area contributed by atoms with Gasteiger partial charge < -0.3 is 5.32 Å². The first-order chi connectivity index (χ1) is 7.90. The van der Waals surface area contributed by atoms with Crippen LogP contribution in [0.4, 0.5) is 0 Å². The van der Waals surface area contributed by atoms with Crippen molar-refractivity contribution in [2.45, 2.75) is 53.1 Å². The Morgan fingerprint density at radius 1 is 1.35 bits per heavy atom. The van der Waals surface area contributed by atoms with E-state index in [0.29, 0.717) is 12.1 Å². The molecular formula is C15H30N2. The maximum absolute atomic E-state index is 4.20. The maximum Gasteiger partial charge on any atom is 0.0205 e. The Morgan fingerprint density at radius 2 is 2.00 bits per heavy atom. The van der Waals surface area contributed by atoms with E-state index in [1.54, 1.807) is 0 Å². The monoisotopic (exact) mass is 238 g/mol. The molecule has 1 N–H and O–H groups in total. The summed E-state index contributed by atoms with van der Waals surface area (Å²) in [5.41, 5.74) is 1.31. The molecule has 2 nitrogen and oxygen atoms in total. The van der Waals surface area contributed by atoms with Gasteiger partial charge in [-0.3, -0.25) is 4.90 Å². The number of rotatable bonds is 5. The van der Waals surface area contributed by atoms with Gasteiger partial charge in [-0.15, -0.1) is 0 Å². The molecule has 0 spiro atoms. The van der Waals surface area contributed by atoms with Crippen LogP contribution in [0.1, 0.15) is 41.0 Å². The molecule has 0 amide bonds. The van der Waals surface area contributed by atoms with Crippen molar-refractivity contribution in [1.29, 1.82) is 0 Å². The lowest BCUT2D eigenvalue weighted by molar-refractivity contribution is 0.0886. The Balaban J connectivity index is 2.41. The van der Waals surface area contributed by atoms with Gasteiger partial charge in [-0.2, -0.15) is 0 Å². The third-order valence-electron chi connectivity index (χ3n) is 3.91. The fraction of sp³-hybridized carbons (Fsp3) is 0.867. The molecule has 17 heavy (non-hydrogen) atoms. The van der Waals surface area contributed by atoms with Crippen molar-refractivity contribution in [2.75, 3.05) is 19.6 Å². The van der Waals surface area contributed by atoms with E-state index in [2.05, 4.69) is 51.4 Å². The summed E-state index contributed by atoms with van der Waals surface area (Å²) < 4.78 is 0. The summed E-state index contributed by atoms with van der Waals surface area (Å²) in [5.74, 6) is 1.64. The molecule has 1 rings (SSSR count). The number of piperidine rings is 1. The Labute approximate surface area is 107 Å². The van der Waals surface area contributed by atoms with Gasteiger partial charge in [0.2, 0.25) is 0 Å². The highest BCUT2D eigenvalue weighted by atomic mass is 15.2. The molecule has 1 aliphatic rings. The molecule has 0 saturated carbocycles. The molecule has 1 heterocycles. The van der Waals surface area contributed by atoms with Crippen LogP contribution in [0.15, 0.2) is 12.2 Å². The molecule has 3 unspecified atom stereocenters. The van der Waals surface area contributed by atoms with Crippen LogP contribution in [0.3, 0.4) is 0 Å². The molecule has 0 aromatic rings. The lowest BCUT2D eigenvalue weighted by Gasteiger charge is -2.41. The van der Waals surface area contributed by atoms with E-state index >= 15 is 0 Å². The van der Waals surface area contributed by atoms with E-state index in [1.165, 1.54) is 18.5 Å². The van der Waals surface area contributed by atoms with Gasteiger partial charge in [0.05, 0.1) is 0 Å². The summed E-state index contributed by atoms with van der Waals surface area (Å²) in [6.45, 7) is 18.9. The van der Waals surface area contributed by atoms with Crippen molar-refractivity contribution in [3.8, 4) is 0 Å². The van der Waals surface area contributed by atoms with Crippen molar-refractivity contribution in [2.24, 2.45) is 11.8 Å². The summed E-state index contributed by atoms with van der Waals surface area (Å²) in [7, 11) is 0. The van der Waals surface area contributed by atoms with Gasteiger partial charge in [0.25, 0.3) is 0 Å². The smallest absolute Gasteiger partial charge is 0.0205 e. The lowest BCUT2D eigenvalue weighted by atomic mass is 9.86. The van der Waals surface area contributed by atoms with E-state index in [1.807, 2.05) is 0 Å². The first-order valence-electron chi connectivity index (χ1n) is 7.04. The van der Waals surface area contributed by atoms with Crippen LogP contribution in [0.2, 0.25) is 0 Å². The topological polar surface area (TPSA) is 15.3 Å². The summed E-state index contributed by atoms with van der Waals surface area (Å²) in [4.78, 5) is 2.60. The van der Waals surface area contributed by atoms with Gasteiger partial charge in [0.1, 0.15) is 0 Å². The molecule has 3 atom stereocenters. The van der Waals surface area contributed by atoms with Crippen molar-refractivity contribution < 1.29 is 0 Å². The van der Waals surface area contributed by atoms with E-state index < -0.39 is 0 Å². The quantitative estimate of drug-likeness (QED) is 0.741. The molecule has 2 heteroatoms. The zero-order chi connectivity index (χ0) is 13.0. The van der Waals surface area contributed by atoms with Crippen LogP contribution in [0, 0.1) is 11.8 Å². The molecule has 1 aliphatic heterocycles. The summed E-state index contributed by atoms with van der Waals surface area (Å²) >= 11 is 0. The molecule has 0 aromatic carbocycles. The number of hydrogen-bond donors (Lipinski definition) is 1. The maximum atomic E-state index is 4.20. The Morgan fingerprint density at radius 3 is 2.59 bits per heavy atom. The summed E-state index contributed by atoms with van der Waals surface area (Å²) in [6.07, 6.45) is 1.37. The minimum atomic E-state index is 0.545. The molecular weight excluding hydrogens is 208 g/mol. The van der Waals surface area contributed by atoms with Gasteiger partial charge in [0, 0.05) is 31.7 Å². The van der Waals surface area contributed by atoms with Crippen molar-refractivity contribution >= 4 is 0 Å². The number of nitrogens with one attached hydrogen (secondary N) is 1. The second-order valence-corrected chi connectivity index (χ2v) is 6.27. The first kappa shape index (κ1) is 14.7. The van der Waals surface area contributed by atoms with Crippen LogP contribution >= 0.6 is 0 Å². The number of hydrogen-bond acceptors (Lipinski definition) is 2. The van der Waals surface area contributed by atoms with Crippen molar-refractivity contribution in [3.05, 3.63) is 12.2 Å². The zero-order valence-electron chi connectivity index (χ0n) is 12.3. The molecule has 0 radical (unpaired) electrons. The Kier molecular flexibility index (Phi) is 5.68. The van der Waals surface area contributed by atoms with Crippen LogP contribution in [0.25, 0.3) is 0 Å². The second kappa shape index (κ2) is 6.55. The Hall–Kier alpha value is -0.340. The molecule has 0 aliphatic carbocycles. The van der Waals surface area contributed by atoms with Crippen LogP contribution in [0.5, 0.6) is 0 Å². The van der Waals surface area contributed by atoms with Crippen LogP contribution in [-0.4, -0.2) is 36.6 Å². The van der Waals surface area contributed by atoms with E-state index in [-0.39, 0.29) is 0 Å². The fourth-order valence-electron chi connectivity index (χ4n) is 2.73. The third-order valence-corrected chi connectivity index (χ3v) is 3.91. The molecule has 0 aromatic heterocycles. The van der Waals surface area contributed by atoms with E-state index in [4.69, 9.17) is 0 Å². The SMILES string of the molecule is C=C(CNC(C)C)CN1CC(C)CC(C)C1C.